The summed E-state index contributed by atoms with van der Waals surface area (Å²) in [7, 11) is 3.33. The molecule has 0 radical (unpaired) electrons. The van der Waals surface area contributed by atoms with Gasteiger partial charge in [0.1, 0.15) is 29.7 Å². The average molecular weight is 418 g/mol. The topological polar surface area (TPSA) is 103 Å². The van der Waals surface area contributed by atoms with Gasteiger partial charge in [-0.25, -0.2) is 0 Å². The lowest BCUT2D eigenvalue weighted by atomic mass is 10.0. The van der Waals surface area contributed by atoms with Crippen molar-refractivity contribution >= 4 is 28.5 Å². The van der Waals surface area contributed by atoms with Gasteiger partial charge in [0.05, 0.1) is 12.1 Å². The largest absolute Gasteiger partial charge is 0.508 e. The Hall–Kier alpha value is -2.89. The van der Waals surface area contributed by atoms with E-state index in [1.54, 1.807) is 16.2 Å². The van der Waals surface area contributed by atoms with Gasteiger partial charge in [0, 0.05) is 32.0 Å². The predicted molar refractivity (Wildman–Crippen MR) is 115 cm³/mol. The Morgan fingerprint density at radius 3 is 2.79 bits per heavy atom. The van der Waals surface area contributed by atoms with Gasteiger partial charge in [0.2, 0.25) is 5.91 Å². The third-order valence-electron chi connectivity index (χ3n) is 4.22. The summed E-state index contributed by atoms with van der Waals surface area (Å²) in [5.41, 5.74) is 2.39. The highest BCUT2D eigenvalue weighted by atomic mass is 32.1. The monoisotopic (exact) mass is 417 g/mol. The summed E-state index contributed by atoms with van der Waals surface area (Å²) >= 11 is 1.56. The lowest BCUT2D eigenvalue weighted by Crippen LogP contribution is -2.37. The number of methoxy groups -OCH3 is 1. The molecule has 2 rings (SSSR count). The maximum absolute atomic E-state index is 11.8. The van der Waals surface area contributed by atoms with E-state index in [0.29, 0.717) is 31.5 Å². The molecule has 7 nitrogen and oxygen atoms in total. The second-order valence-corrected chi connectivity index (χ2v) is 7.27. The molecule has 1 aliphatic rings. The number of amides is 1. The number of anilines is 1. The van der Waals surface area contributed by atoms with E-state index in [-0.39, 0.29) is 18.3 Å². The maximum atomic E-state index is 11.8. The fourth-order valence-corrected chi connectivity index (χ4v) is 3.88. The fourth-order valence-electron chi connectivity index (χ4n) is 2.72. The molecular formula is C21H27N3O4S. The number of aliphatic hydroxyl groups excluding tert-OH is 1. The number of hydrogen-bond donors (Lipinski definition) is 2. The van der Waals surface area contributed by atoms with Gasteiger partial charge in [-0.3, -0.25) is 4.79 Å². The summed E-state index contributed by atoms with van der Waals surface area (Å²) < 4.78 is 4.86. The molecular weight excluding hydrogens is 390 g/mol. The molecule has 0 spiro atoms. The minimum absolute atomic E-state index is 0.000986. The van der Waals surface area contributed by atoms with Crippen LogP contribution >= 0.6 is 11.3 Å². The SMILES string of the molecule is C=C/C=C(/O)C(=C)CCC=O.CNc1sc2c(c1C#N)CCN(C(=O)COC)C2. The molecule has 2 N–H and O–H groups in total. The van der Waals surface area contributed by atoms with Crippen LogP contribution in [0.15, 0.2) is 36.6 Å². The summed E-state index contributed by atoms with van der Waals surface area (Å²) in [4.78, 5) is 24.6. The van der Waals surface area contributed by atoms with Crippen LogP contribution in [0.4, 0.5) is 5.00 Å². The number of nitrogens with zero attached hydrogens (tertiary/aromatic N) is 2. The van der Waals surface area contributed by atoms with Crippen molar-refractivity contribution in [3.63, 3.8) is 0 Å². The van der Waals surface area contributed by atoms with Crippen molar-refractivity contribution in [2.75, 3.05) is 32.6 Å². The maximum Gasteiger partial charge on any atom is 0.248 e. The second kappa shape index (κ2) is 12.5. The van der Waals surface area contributed by atoms with E-state index in [1.165, 1.54) is 19.3 Å². The number of carbonyl (C=O) groups excluding carboxylic acids is 2. The minimum Gasteiger partial charge on any atom is -0.508 e. The van der Waals surface area contributed by atoms with E-state index < -0.39 is 0 Å². The Kier molecular flexibility index (Phi) is 10.4. The Labute approximate surface area is 175 Å². The van der Waals surface area contributed by atoms with E-state index >= 15 is 0 Å². The first-order valence-corrected chi connectivity index (χ1v) is 9.87. The number of carbonyl (C=O) groups is 2. The van der Waals surface area contributed by atoms with E-state index in [2.05, 4.69) is 24.5 Å². The van der Waals surface area contributed by atoms with Crippen molar-refractivity contribution in [2.45, 2.75) is 25.8 Å². The Morgan fingerprint density at radius 1 is 1.52 bits per heavy atom. The molecule has 1 aromatic rings. The van der Waals surface area contributed by atoms with Crippen molar-refractivity contribution < 1.29 is 19.4 Å². The highest BCUT2D eigenvalue weighted by Crippen LogP contribution is 2.36. The zero-order chi connectivity index (χ0) is 21.8. The smallest absolute Gasteiger partial charge is 0.248 e. The summed E-state index contributed by atoms with van der Waals surface area (Å²) in [6.07, 6.45) is 5.36. The molecule has 0 unspecified atom stereocenters. The average Bonchev–Trinajstić information content (AvgIpc) is 3.09. The highest BCUT2D eigenvalue weighted by Gasteiger charge is 2.26. The zero-order valence-electron chi connectivity index (χ0n) is 16.9. The molecule has 0 saturated heterocycles. The lowest BCUT2D eigenvalue weighted by Gasteiger charge is -2.26. The molecule has 0 aromatic carbocycles. The van der Waals surface area contributed by atoms with Gasteiger partial charge in [-0.15, -0.1) is 11.3 Å². The van der Waals surface area contributed by atoms with E-state index in [1.807, 2.05) is 7.05 Å². The number of thiophene rings is 1. The molecule has 0 fully saturated rings. The van der Waals surface area contributed by atoms with Crippen LogP contribution in [0.25, 0.3) is 0 Å². The summed E-state index contributed by atoms with van der Waals surface area (Å²) in [6.45, 7) is 8.36. The van der Waals surface area contributed by atoms with Crippen LogP contribution in [0, 0.1) is 11.3 Å². The number of hydrogen-bond acceptors (Lipinski definition) is 7. The molecule has 0 saturated carbocycles. The Morgan fingerprint density at radius 2 is 2.24 bits per heavy atom. The standard InChI is InChI=1S/C12H15N3O2S.C9H12O2/c1-14-12-9(5-13)8-3-4-15(6-10(8)18-12)11(16)7-17-2;1-3-5-9(11)8(2)6-4-7-10/h14H,3-4,6-7H2,1-2H3;3,5,7,11H,1-2,4,6H2/b;9-5+. The quantitative estimate of drug-likeness (QED) is 0.382. The summed E-state index contributed by atoms with van der Waals surface area (Å²) in [6, 6.07) is 2.24. The van der Waals surface area contributed by atoms with E-state index in [0.717, 1.165) is 33.7 Å². The summed E-state index contributed by atoms with van der Waals surface area (Å²) in [5, 5.41) is 22.2. The van der Waals surface area contributed by atoms with Crippen molar-refractivity contribution in [1.82, 2.24) is 4.90 Å². The first kappa shape index (κ1) is 24.1. The fraction of sp³-hybridized carbons (Fsp3) is 0.381. The van der Waals surface area contributed by atoms with Crippen molar-refractivity contribution in [1.29, 1.82) is 5.26 Å². The molecule has 2 heterocycles. The summed E-state index contributed by atoms with van der Waals surface area (Å²) in [5.74, 6) is 0.0999. The van der Waals surface area contributed by atoms with Gasteiger partial charge in [-0.05, 0) is 30.1 Å². The van der Waals surface area contributed by atoms with Crippen LogP contribution in [0.5, 0.6) is 0 Å². The molecule has 1 aromatic heterocycles. The van der Waals surface area contributed by atoms with Gasteiger partial charge in [0.15, 0.2) is 0 Å². The third kappa shape index (κ3) is 6.89. The zero-order valence-corrected chi connectivity index (χ0v) is 17.7. The molecule has 0 bridgehead atoms. The minimum atomic E-state index is 0.000986. The second-order valence-electron chi connectivity index (χ2n) is 6.16. The Balaban J connectivity index is 0.000000331. The van der Waals surface area contributed by atoms with Crippen molar-refractivity contribution in [2.24, 2.45) is 0 Å². The van der Waals surface area contributed by atoms with E-state index in [9.17, 15) is 9.59 Å². The molecule has 8 heteroatoms. The van der Waals surface area contributed by atoms with Gasteiger partial charge in [-0.1, -0.05) is 19.2 Å². The van der Waals surface area contributed by atoms with Gasteiger partial charge >= 0.3 is 0 Å². The number of allylic oxidation sites excluding steroid dienone is 3. The number of nitriles is 1. The highest BCUT2D eigenvalue weighted by molar-refractivity contribution is 7.16. The number of ether oxygens (including phenoxy) is 1. The number of fused-ring (bicyclic) bond motifs is 1. The molecule has 1 aliphatic heterocycles. The van der Waals surface area contributed by atoms with Crippen LogP contribution in [0.2, 0.25) is 0 Å². The van der Waals surface area contributed by atoms with Crippen LogP contribution in [-0.4, -0.2) is 49.5 Å². The Bertz CT molecular complexity index is 821. The molecule has 0 aliphatic carbocycles. The number of aliphatic hydroxyl groups is 1. The van der Waals surface area contributed by atoms with Gasteiger partial charge < -0.3 is 24.9 Å². The van der Waals surface area contributed by atoms with E-state index in [4.69, 9.17) is 15.1 Å². The van der Waals surface area contributed by atoms with Crippen molar-refractivity contribution in [3.8, 4) is 6.07 Å². The number of nitrogens with one attached hydrogen (secondary N) is 1. The third-order valence-corrected chi connectivity index (χ3v) is 5.45. The molecule has 156 valence electrons. The van der Waals surface area contributed by atoms with Gasteiger partial charge in [-0.2, -0.15) is 5.26 Å². The first-order chi connectivity index (χ1) is 13.9. The number of aldehydes is 1. The lowest BCUT2D eigenvalue weighted by molar-refractivity contribution is -0.136. The normalized spacial score (nSPS) is 12.7. The molecule has 29 heavy (non-hydrogen) atoms. The molecule has 1 amide bonds. The van der Waals surface area contributed by atoms with Crippen LogP contribution in [0.1, 0.15) is 28.8 Å². The van der Waals surface area contributed by atoms with Crippen LogP contribution in [-0.2, 0) is 27.3 Å². The van der Waals surface area contributed by atoms with Gasteiger partial charge in [0.25, 0.3) is 0 Å². The van der Waals surface area contributed by atoms with Crippen LogP contribution < -0.4 is 5.32 Å². The molecule has 0 atom stereocenters. The predicted octanol–water partition coefficient (Wildman–Crippen LogP) is 3.34. The van der Waals surface area contributed by atoms with Crippen molar-refractivity contribution in [3.05, 3.63) is 52.6 Å². The van der Waals surface area contributed by atoms with Crippen LogP contribution in [0.3, 0.4) is 0 Å². The number of rotatable bonds is 8. The first-order valence-electron chi connectivity index (χ1n) is 9.05.